The Hall–Kier alpha value is -1.23. The third kappa shape index (κ3) is 5.88. The molecule has 0 aliphatic carbocycles. The van der Waals surface area contributed by atoms with Crippen LogP contribution in [0.3, 0.4) is 0 Å². The summed E-state index contributed by atoms with van der Waals surface area (Å²) in [6.07, 6.45) is -0.654. The van der Waals surface area contributed by atoms with Crippen molar-refractivity contribution in [3.8, 4) is 5.75 Å². The molecule has 1 aromatic carbocycles. The third-order valence-electron chi connectivity index (χ3n) is 4.47. The summed E-state index contributed by atoms with van der Waals surface area (Å²) < 4.78 is 0.667. The number of thiophene rings is 1. The first-order chi connectivity index (χ1) is 13.1. The lowest BCUT2D eigenvalue weighted by molar-refractivity contribution is 0.190. The lowest BCUT2D eigenvalue weighted by Crippen LogP contribution is -2.52. The summed E-state index contributed by atoms with van der Waals surface area (Å²) in [5, 5.41) is 23.7. The predicted molar refractivity (Wildman–Crippen MR) is 128 cm³/mol. The van der Waals surface area contributed by atoms with Gasteiger partial charge in [-0.2, -0.15) is 0 Å². The van der Waals surface area contributed by atoms with Gasteiger partial charge in [0, 0.05) is 37.6 Å². The number of phenols is 1. The second-order valence-corrected chi connectivity index (χ2v) is 8.06. The Labute approximate surface area is 191 Å². The zero-order chi connectivity index (χ0) is 19.2. The average Bonchev–Trinajstić information content (AvgIpc) is 3.12. The second-order valence-electron chi connectivity index (χ2n) is 6.32. The van der Waals surface area contributed by atoms with Crippen LogP contribution in [0.4, 0.5) is 5.69 Å². The summed E-state index contributed by atoms with van der Waals surface area (Å²) >= 11 is 7.32. The van der Waals surface area contributed by atoms with Crippen LogP contribution in [0.15, 0.2) is 41.4 Å². The van der Waals surface area contributed by atoms with Crippen LogP contribution in [0.25, 0.3) is 0 Å². The Bertz CT molecular complexity index is 781. The maximum absolute atomic E-state index is 10.3. The van der Waals surface area contributed by atoms with E-state index in [4.69, 9.17) is 11.6 Å². The number of guanidine groups is 1. The van der Waals surface area contributed by atoms with E-state index in [0.717, 1.165) is 49.2 Å². The molecule has 3 rings (SSSR count). The number of benzene rings is 1. The maximum Gasteiger partial charge on any atom is 0.194 e. The molecule has 0 radical (unpaired) electrons. The normalized spacial score (nSPS) is 15.9. The second kappa shape index (κ2) is 11.1. The standard InChI is InChI=1S/C19H25ClN4O2S.HI/c1-2-21-19(22-13-16(26)17-7-8-18(20)27-17)24-11-9-23(10-12-24)14-5-3-4-6-15(14)25;/h3-8,16,25-26H,2,9-13H2,1H3,(H,21,22);1H. The van der Waals surface area contributed by atoms with Crippen LogP contribution >= 0.6 is 46.9 Å². The molecule has 6 nitrogen and oxygen atoms in total. The van der Waals surface area contributed by atoms with Gasteiger partial charge in [-0.25, -0.2) is 0 Å². The van der Waals surface area contributed by atoms with E-state index in [1.807, 2.05) is 31.2 Å². The number of nitrogens with one attached hydrogen (secondary N) is 1. The molecule has 2 heterocycles. The van der Waals surface area contributed by atoms with Gasteiger partial charge in [0.2, 0.25) is 0 Å². The van der Waals surface area contributed by atoms with Crippen molar-refractivity contribution in [2.24, 2.45) is 4.99 Å². The van der Waals surface area contributed by atoms with Crippen LogP contribution in [0.2, 0.25) is 4.34 Å². The Morgan fingerprint density at radius 2 is 1.93 bits per heavy atom. The Morgan fingerprint density at radius 1 is 1.21 bits per heavy atom. The largest absolute Gasteiger partial charge is 0.506 e. The van der Waals surface area contributed by atoms with Crippen molar-refractivity contribution >= 4 is 58.6 Å². The number of rotatable bonds is 5. The molecule has 1 aliphatic heterocycles. The minimum Gasteiger partial charge on any atom is -0.506 e. The van der Waals surface area contributed by atoms with Gasteiger partial charge in [0.25, 0.3) is 0 Å². The molecule has 1 fully saturated rings. The Kier molecular flexibility index (Phi) is 9.13. The van der Waals surface area contributed by atoms with E-state index in [-0.39, 0.29) is 24.0 Å². The quantitative estimate of drug-likeness (QED) is 0.310. The number of para-hydroxylation sites is 2. The zero-order valence-electron chi connectivity index (χ0n) is 15.7. The maximum atomic E-state index is 10.3. The highest BCUT2D eigenvalue weighted by molar-refractivity contribution is 14.0. The fourth-order valence-corrected chi connectivity index (χ4v) is 4.12. The fraction of sp³-hybridized carbons (Fsp3) is 0.421. The number of aliphatic hydroxyl groups is 1. The summed E-state index contributed by atoms with van der Waals surface area (Å²) in [5.74, 6) is 1.11. The molecule has 9 heteroatoms. The number of halogens is 2. The Balaban J connectivity index is 0.00000280. The molecule has 2 aromatic rings. The highest BCUT2D eigenvalue weighted by Crippen LogP contribution is 2.28. The molecule has 1 aliphatic rings. The number of phenolic OH excluding ortho intramolecular Hbond substituents is 1. The number of hydrogen-bond acceptors (Lipinski definition) is 5. The number of aromatic hydroxyl groups is 1. The molecule has 1 saturated heterocycles. The molecule has 1 atom stereocenters. The van der Waals surface area contributed by atoms with E-state index in [1.165, 1.54) is 11.3 Å². The van der Waals surface area contributed by atoms with Crippen molar-refractivity contribution < 1.29 is 10.2 Å². The topological polar surface area (TPSA) is 71.3 Å². The van der Waals surface area contributed by atoms with Gasteiger partial charge in [0.05, 0.1) is 16.6 Å². The Morgan fingerprint density at radius 3 is 2.54 bits per heavy atom. The number of hydrogen-bond donors (Lipinski definition) is 3. The molecule has 3 N–H and O–H groups in total. The molecule has 1 unspecified atom stereocenters. The van der Waals surface area contributed by atoms with E-state index in [1.54, 1.807) is 12.1 Å². The number of aliphatic hydroxyl groups excluding tert-OH is 1. The first-order valence-corrected chi connectivity index (χ1v) is 10.3. The number of aliphatic imine (C=N–C) groups is 1. The van der Waals surface area contributed by atoms with Crippen molar-refractivity contribution in [3.63, 3.8) is 0 Å². The van der Waals surface area contributed by atoms with Crippen LogP contribution in [-0.2, 0) is 0 Å². The number of piperazine rings is 1. The number of nitrogens with zero attached hydrogens (tertiary/aromatic N) is 3. The van der Waals surface area contributed by atoms with Crippen molar-refractivity contribution in [3.05, 3.63) is 45.6 Å². The predicted octanol–water partition coefficient (Wildman–Crippen LogP) is 3.55. The smallest absolute Gasteiger partial charge is 0.194 e. The molecule has 0 spiro atoms. The van der Waals surface area contributed by atoms with Crippen molar-refractivity contribution in [2.75, 3.05) is 44.2 Å². The van der Waals surface area contributed by atoms with Gasteiger partial charge in [0.15, 0.2) is 5.96 Å². The van der Waals surface area contributed by atoms with Crippen LogP contribution in [0, 0.1) is 0 Å². The molecule has 154 valence electrons. The lowest BCUT2D eigenvalue weighted by atomic mass is 10.2. The van der Waals surface area contributed by atoms with Gasteiger partial charge < -0.3 is 25.3 Å². The fourth-order valence-electron chi connectivity index (χ4n) is 3.09. The number of anilines is 1. The summed E-state index contributed by atoms with van der Waals surface area (Å²) in [4.78, 5) is 9.81. The minimum atomic E-state index is -0.654. The van der Waals surface area contributed by atoms with Crippen LogP contribution in [0.1, 0.15) is 17.9 Å². The van der Waals surface area contributed by atoms with Crippen LogP contribution in [-0.4, -0.2) is 60.3 Å². The van der Waals surface area contributed by atoms with Gasteiger partial charge in [-0.1, -0.05) is 23.7 Å². The highest BCUT2D eigenvalue weighted by Gasteiger charge is 2.21. The van der Waals surface area contributed by atoms with E-state index in [9.17, 15) is 10.2 Å². The molecular formula is C19H26ClIN4O2S. The van der Waals surface area contributed by atoms with Gasteiger partial charge in [-0.05, 0) is 31.2 Å². The van der Waals surface area contributed by atoms with E-state index >= 15 is 0 Å². The van der Waals surface area contributed by atoms with Crippen molar-refractivity contribution in [1.82, 2.24) is 10.2 Å². The summed E-state index contributed by atoms with van der Waals surface area (Å²) in [6.45, 7) is 6.26. The summed E-state index contributed by atoms with van der Waals surface area (Å²) in [7, 11) is 0. The van der Waals surface area contributed by atoms with Crippen molar-refractivity contribution in [1.29, 1.82) is 0 Å². The first-order valence-electron chi connectivity index (χ1n) is 9.08. The van der Waals surface area contributed by atoms with Gasteiger partial charge >= 0.3 is 0 Å². The highest BCUT2D eigenvalue weighted by atomic mass is 127. The first kappa shape index (κ1) is 23.1. The van der Waals surface area contributed by atoms with E-state index in [0.29, 0.717) is 16.6 Å². The van der Waals surface area contributed by atoms with Gasteiger partial charge in [0.1, 0.15) is 11.9 Å². The minimum absolute atomic E-state index is 0. The van der Waals surface area contributed by atoms with Crippen LogP contribution in [0.5, 0.6) is 5.75 Å². The monoisotopic (exact) mass is 536 g/mol. The zero-order valence-corrected chi connectivity index (χ0v) is 19.6. The van der Waals surface area contributed by atoms with E-state index in [2.05, 4.69) is 20.1 Å². The molecule has 1 aromatic heterocycles. The summed E-state index contributed by atoms with van der Waals surface area (Å²) in [5.41, 5.74) is 0.865. The SMILES string of the molecule is CCNC(=NCC(O)c1ccc(Cl)s1)N1CCN(c2ccccc2O)CC1.I. The third-order valence-corrected chi connectivity index (χ3v) is 5.81. The summed E-state index contributed by atoms with van der Waals surface area (Å²) in [6, 6.07) is 11.0. The van der Waals surface area contributed by atoms with Gasteiger partial charge in [-0.15, -0.1) is 35.3 Å². The van der Waals surface area contributed by atoms with E-state index < -0.39 is 6.10 Å². The molecule has 0 bridgehead atoms. The lowest BCUT2D eigenvalue weighted by Gasteiger charge is -2.38. The molecule has 28 heavy (non-hydrogen) atoms. The average molecular weight is 537 g/mol. The van der Waals surface area contributed by atoms with Gasteiger partial charge in [-0.3, -0.25) is 4.99 Å². The molecular weight excluding hydrogens is 511 g/mol. The molecule has 0 saturated carbocycles. The molecule has 0 amide bonds. The van der Waals surface area contributed by atoms with Crippen LogP contribution < -0.4 is 10.2 Å². The van der Waals surface area contributed by atoms with Crippen molar-refractivity contribution in [2.45, 2.75) is 13.0 Å².